The Morgan fingerprint density at radius 3 is 2.95 bits per heavy atom. The van der Waals surface area contributed by atoms with Crippen LogP contribution in [0.1, 0.15) is 51.1 Å². The van der Waals surface area contributed by atoms with Gasteiger partial charge in [-0.05, 0) is 70.4 Å². The van der Waals surface area contributed by atoms with E-state index in [9.17, 15) is 4.39 Å². The molecule has 0 saturated carbocycles. The van der Waals surface area contributed by atoms with Crippen LogP contribution in [0.3, 0.4) is 0 Å². The first-order valence-electron chi connectivity index (χ1n) is 8.00. The minimum absolute atomic E-state index is 0.196. The van der Waals surface area contributed by atoms with Crippen molar-refractivity contribution in [2.45, 2.75) is 51.6 Å². The number of hydrogen-bond donors (Lipinski definition) is 1. The van der Waals surface area contributed by atoms with Crippen molar-refractivity contribution in [2.24, 2.45) is 0 Å². The monoisotopic (exact) mass is 312 g/mol. The molecule has 118 valence electrons. The number of piperidine rings is 1. The van der Waals surface area contributed by atoms with E-state index < -0.39 is 0 Å². The smallest absolute Gasteiger partial charge is 0.141 e. The zero-order valence-electron chi connectivity index (χ0n) is 13.0. The average molecular weight is 313 g/mol. The van der Waals surface area contributed by atoms with Crippen LogP contribution in [0.5, 0.6) is 0 Å². The Bertz CT molecular complexity index is 452. The Kier molecular flexibility index (Phi) is 6.46. The fourth-order valence-corrected chi connectivity index (χ4v) is 3.18. The van der Waals surface area contributed by atoms with Crippen LogP contribution in [-0.4, -0.2) is 30.6 Å². The molecule has 0 amide bonds. The Labute approximate surface area is 132 Å². The van der Waals surface area contributed by atoms with Crippen molar-refractivity contribution < 1.29 is 4.39 Å². The molecule has 2 unspecified atom stereocenters. The second kappa shape index (κ2) is 8.11. The van der Waals surface area contributed by atoms with E-state index in [1.165, 1.54) is 31.9 Å². The fourth-order valence-electron chi connectivity index (χ4n) is 2.99. The van der Waals surface area contributed by atoms with Gasteiger partial charge in [-0.1, -0.05) is 24.1 Å². The molecule has 4 heteroatoms. The SMILES string of the molecule is CC(NCCCN1CCCCC1C)c1ccc(F)c(Cl)c1. The molecule has 1 aliphatic heterocycles. The zero-order valence-corrected chi connectivity index (χ0v) is 13.8. The quantitative estimate of drug-likeness (QED) is 0.784. The minimum atomic E-state index is -0.355. The maximum atomic E-state index is 13.2. The van der Waals surface area contributed by atoms with Crippen LogP contribution in [0.2, 0.25) is 5.02 Å². The van der Waals surface area contributed by atoms with Gasteiger partial charge in [-0.25, -0.2) is 4.39 Å². The lowest BCUT2D eigenvalue weighted by Gasteiger charge is -2.33. The number of halogens is 2. The molecule has 1 saturated heterocycles. The standard InChI is InChI=1S/C17H26ClFN2/c1-13-6-3-4-10-21(13)11-5-9-20-14(2)15-7-8-17(19)16(18)12-15/h7-8,12-14,20H,3-6,9-11H2,1-2H3. The Morgan fingerprint density at radius 1 is 1.43 bits per heavy atom. The molecule has 1 N–H and O–H groups in total. The summed E-state index contributed by atoms with van der Waals surface area (Å²) in [6, 6.07) is 5.87. The number of nitrogens with zero attached hydrogens (tertiary/aromatic N) is 1. The van der Waals surface area contributed by atoms with E-state index in [1.807, 2.05) is 0 Å². The lowest BCUT2D eigenvalue weighted by Crippen LogP contribution is -2.39. The highest BCUT2D eigenvalue weighted by Gasteiger charge is 2.17. The molecule has 1 heterocycles. The molecule has 0 radical (unpaired) electrons. The highest BCUT2D eigenvalue weighted by molar-refractivity contribution is 6.30. The van der Waals surface area contributed by atoms with Crippen LogP contribution >= 0.6 is 11.6 Å². The van der Waals surface area contributed by atoms with Gasteiger partial charge in [0, 0.05) is 12.1 Å². The van der Waals surface area contributed by atoms with Crippen LogP contribution in [0.15, 0.2) is 18.2 Å². The van der Waals surface area contributed by atoms with Crippen molar-refractivity contribution >= 4 is 11.6 Å². The van der Waals surface area contributed by atoms with Crippen LogP contribution in [0.4, 0.5) is 4.39 Å². The van der Waals surface area contributed by atoms with Gasteiger partial charge in [0.2, 0.25) is 0 Å². The van der Waals surface area contributed by atoms with Gasteiger partial charge in [-0.2, -0.15) is 0 Å². The first kappa shape index (κ1) is 16.7. The molecule has 0 spiro atoms. The summed E-state index contributed by atoms with van der Waals surface area (Å²) in [6.07, 6.45) is 5.18. The summed E-state index contributed by atoms with van der Waals surface area (Å²) < 4.78 is 13.2. The maximum Gasteiger partial charge on any atom is 0.141 e. The molecule has 1 aromatic rings. The molecular weight excluding hydrogens is 287 g/mol. The maximum absolute atomic E-state index is 13.2. The third-order valence-electron chi connectivity index (χ3n) is 4.46. The Hall–Kier alpha value is -0.640. The predicted molar refractivity (Wildman–Crippen MR) is 87.3 cm³/mol. The van der Waals surface area contributed by atoms with E-state index in [1.54, 1.807) is 12.1 Å². The molecule has 1 aromatic carbocycles. The number of hydrogen-bond acceptors (Lipinski definition) is 2. The van der Waals surface area contributed by atoms with Crippen molar-refractivity contribution in [3.05, 3.63) is 34.6 Å². The van der Waals surface area contributed by atoms with Gasteiger partial charge < -0.3 is 10.2 Å². The van der Waals surface area contributed by atoms with Gasteiger partial charge in [0.15, 0.2) is 0 Å². The lowest BCUT2D eigenvalue weighted by atomic mass is 10.0. The summed E-state index contributed by atoms with van der Waals surface area (Å²) in [6.45, 7) is 7.79. The Morgan fingerprint density at radius 2 is 2.24 bits per heavy atom. The molecule has 2 nitrogen and oxygen atoms in total. The summed E-state index contributed by atoms with van der Waals surface area (Å²) in [5.41, 5.74) is 1.03. The van der Waals surface area contributed by atoms with Crippen molar-refractivity contribution in [1.82, 2.24) is 10.2 Å². The Balaban J connectivity index is 1.71. The third kappa shape index (κ3) is 4.94. The van der Waals surface area contributed by atoms with Crippen molar-refractivity contribution in [2.75, 3.05) is 19.6 Å². The van der Waals surface area contributed by atoms with Crippen molar-refractivity contribution in [3.8, 4) is 0 Å². The largest absolute Gasteiger partial charge is 0.310 e. The molecule has 1 fully saturated rings. The van der Waals surface area contributed by atoms with Crippen LogP contribution < -0.4 is 5.32 Å². The lowest BCUT2D eigenvalue weighted by molar-refractivity contribution is 0.158. The van der Waals surface area contributed by atoms with Gasteiger partial charge in [-0.15, -0.1) is 0 Å². The van der Waals surface area contributed by atoms with Gasteiger partial charge >= 0.3 is 0 Å². The summed E-state index contributed by atoms with van der Waals surface area (Å²) in [4.78, 5) is 2.59. The van der Waals surface area contributed by atoms with Gasteiger partial charge in [0.25, 0.3) is 0 Å². The first-order chi connectivity index (χ1) is 10.1. The van der Waals surface area contributed by atoms with E-state index in [2.05, 4.69) is 24.1 Å². The summed E-state index contributed by atoms with van der Waals surface area (Å²) in [7, 11) is 0. The molecule has 0 bridgehead atoms. The second-order valence-corrected chi connectivity index (χ2v) is 6.49. The molecule has 1 aliphatic rings. The van der Waals surface area contributed by atoms with Crippen LogP contribution in [0.25, 0.3) is 0 Å². The summed E-state index contributed by atoms with van der Waals surface area (Å²) in [5.74, 6) is -0.355. The van der Waals surface area contributed by atoms with Crippen LogP contribution in [-0.2, 0) is 0 Å². The number of rotatable bonds is 6. The number of benzene rings is 1. The van der Waals surface area contributed by atoms with Crippen molar-refractivity contribution in [3.63, 3.8) is 0 Å². The molecular formula is C17H26ClFN2. The van der Waals surface area contributed by atoms with E-state index in [4.69, 9.17) is 11.6 Å². The third-order valence-corrected chi connectivity index (χ3v) is 4.75. The van der Waals surface area contributed by atoms with Gasteiger partial charge in [0.05, 0.1) is 5.02 Å². The second-order valence-electron chi connectivity index (χ2n) is 6.08. The fraction of sp³-hybridized carbons (Fsp3) is 0.647. The number of likely N-dealkylation sites (tertiary alicyclic amines) is 1. The highest BCUT2D eigenvalue weighted by Crippen LogP contribution is 2.21. The van der Waals surface area contributed by atoms with Crippen molar-refractivity contribution in [1.29, 1.82) is 0 Å². The average Bonchev–Trinajstić information content (AvgIpc) is 2.48. The molecule has 2 atom stereocenters. The predicted octanol–water partition coefficient (Wildman–Crippen LogP) is 4.39. The van der Waals surface area contributed by atoms with E-state index >= 15 is 0 Å². The highest BCUT2D eigenvalue weighted by atomic mass is 35.5. The molecule has 2 rings (SSSR count). The minimum Gasteiger partial charge on any atom is -0.310 e. The molecule has 0 aromatic heterocycles. The summed E-state index contributed by atoms with van der Waals surface area (Å²) >= 11 is 5.83. The zero-order chi connectivity index (χ0) is 15.2. The van der Waals surface area contributed by atoms with Gasteiger partial charge in [-0.3, -0.25) is 0 Å². The molecule has 0 aliphatic carbocycles. The topological polar surface area (TPSA) is 15.3 Å². The van der Waals surface area contributed by atoms with Crippen LogP contribution in [0, 0.1) is 5.82 Å². The van der Waals surface area contributed by atoms with E-state index in [0.29, 0.717) is 0 Å². The normalized spacial score (nSPS) is 21.4. The van der Waals surface area contributed by atoms with E-state index in [0.717, 1.165) is 31.1 Å². The van der Waals surface area contributed by atoms with E-state index in [-0.39, 0.29) is 16.9 Å². The summed E-state index contributed by atoms with van der Waals surface area (Å²) in [5, 5.41) is 3.69. The number of nitrogens with one attached hydrogen (secondary N) is 1. The molecule has 21 heavy (non-hydrogen) atoms. The first-order valence-corrected chi connectivity index (χ1v) is 8.38. The van der Waals surface area contributed by atoms with Gasteiger partial charge in [0.1, 0.15) is 5.82 Å².